The van der Waals surface area contributed by atoms with Gasteiger partial charge in [0.1, 0.15) is 18.1 Å². The highest BCUT2D eigenvalue weighted by atomic mass is 19.1. The van der Waals surface area contributed by atoms with Crippen LogP contribution in [0.4, 0.5) is 4.39 Å². The van der Waals surface area contributed by atoms with Crippen molar-refractivity contribution in [1.29, 1.82) is 5.26 Å². The number of nitriles is 1. The summed E-state index contributed by atoms with van der Waals surface area (Å²) in [6.07, 6.45) is -0.905. The van der Waals surface area contributed by atoms with Gasteiger partial charge in [0.25, 0.3) is 5.91 Å². The Bertz CT molecular complexity index is 469. The van der Waals surface area contributed by atoms with E-state index in [9.17, 15) is 14.3 Å². The highest BCUT2D eigenvalue weighted by molar-refractivity contribution is 5.77. The minimum absolute atomic E-state index is 0.0997. The molecule has 2 N–H and O–H groups in total. The van der Waals surface area contributed by atoms with Crippen molar-refractivity contribution < 1.29 is 19.0 Å². The number of nitrogens with one attached hydrogen (secondary N) is 1. The van der Waals surface area contributed by atoms with E-state index in [1.54, 1.807) is 6.07 Å². The summed E-state index contributed by atoms with van der Waals surface area (Å²) in [7, 11) is 0. The first-order valence-corrected chi connectivity index (χ1v) is 5.28. The molecular formula is C12H13FN2O3. The third-order valence-electron chi connectivity index (χ3n) is 2.16. The van der Waals surface area contributed by atoms with E-state index in [0.717, 1.165) is 6.07 Å². The van der Waals surface area contributed by atoms with Crippen LogP contribution in [-0.4, -0.2) is 24.2 Å². The van der Waals surface area contributed by atoms with Crippen molar-refractivity contribution in [2.24, 2.45) is 0 Å². The van der Waals surface area contributed by atoms with E-state index in [1.165, 1.54) is 19.1 Å². The van der Waals surface area contributed by atoms with Gasteiger partial charge in [-0.2, -0.15) is 5.26 Å². The van der Waals surface area contributed by atoms with Crippen LogP contribution in [0.25, 0.3) is 0 Å². The molecule has 96 valence electrons. The zero-order chi connectivity index (χ0) is 13.5. The van der Waals surface area contributed by atoms with Crippen LogP contribution in [0.2, 0.25) is 0 Å². The highest BCUT2D eigenvalue weighted by Crippen LogP contribution is 2.21. The molecule has 0 spiro atoms. The summed E-state index contributed by atoms with van der Waals surface area (Å²) in [4.78, 5) is 11.1. The summed E-state index contributed by atoms with van der Waals surface area (Å²) in [5, 5.41) is 19.8. The number of ether oxygens (including phenoxy) is 1. The number of hydrogen-bond acceptors (Lipinski definition) is 4. The lowest BCUT2D eigenvalue weighted by molar-refractivity contribution is -0.122. The number of carbonyl (C=O) groups excluding carboxylic acids is 1. The van der Waals surface area contributed by atoms with Gasteiger partial charge in [0, 0.05) is 11.6 Å². The fourth-order valence-corrected chi connectivity index (χ4v) is 1.27. The van der Waals surface area contributed by atoms with Crippen LogP contribution in [0, 0.1) is 17.1 Å². The Morgan fingerprint density at radius 2 is 2.39 bits per heavy atom. The average molecular weight is 252 g/mol. The summed E-state index contributed by atoms with van der Waals surface area (Å²) in [5.41, 5.74) is 0.163. The third-order valence-corrected chi connectivity index (χ3v) is 2.16. The largest absolute Gasteiger partial charge is 0.484 e. The molecule has 1 aromatic carbocycles. The Balaban J connectivity index is 2.56. The van der Waals surface area contributed by atoms with Gasteiger partial charge >= 0.3 is 0 Å². The Kier molecular flexibility index (Phi) is 5.08. The van der Waals surface area contributed by atoms with Gasteiger partial charge in [-0.1, -0.05) is 0 Å². The summed E-state index contributed by atoms with van der Waals surface area (Å²) in [5.74, 6) is -0.875. The van der Waals surface area contributed by atoms with Gasteiger partial charge in [-0.05, 0) is 19.1 Å². The average Bonchev–Trinajstić information content (AvgIpc) is 2.33. The van der Waals surface area contributed by atoms with Gasteiger partial charge in [0.15, 0.2) is 6.61 Å². The molecule has 0 aliphatic rings. The molecule has 18 heavy (non-hydrogen) atoms. The van der Waals surface area contributed by atoms with Gasteiger partial charge in [0.2, 0.25) is 0 Å². The molecule has 1 rings (SSSR count). The summed E-state index contributed by atoms with van der Waals surface area (Å²) >= 11 is 0. The molecule has 0 fully saturated rings. The monoisotopic (exact) mass is 252 g/mol. The van der Waals surface area contributed by atoms with Gasteiger partial charge in [-0.15, -0.1) is 0 Å². The van der Waals surface area contributed by atoms with Crippen LogP contribution < -0.4 is 10.1 Å². The second kappa shape index (κ2) is 6.57. The number of carbonyl (C=O) groups is 1. The quantitative estimate of drug-likeness (QED) is 0.763. The zero-order valence-corrected chi connectivity index (χ0v) is 9.81. The number of amides is 1. The summed E-state index contributed by atoms with van der Waals surface area (Å²) in [6.45, 7) is 1.06. The summed E-state index contributed by atoms with van der Waals surface area (Å²) < 4.78 is 18.5. The molecule has 1 aromatic rings. The number of halogens is 1. The molecule has 5 nitrogen and oxygen atoms in total. The first kappa shape index (κ1) is 13.9. The third kappa shape index (κ3) is 4.03. The van der Waals surface area contributed by atoms with Crippen LogP contribution in [0.3, 0.4) is 0 Å². The van der Waals surface area contributed by atoms with E-state index < -0.39 is 17.8 Å². The first-order chi connectivity index (χ1) is 8.54. The maximum absolute atomic E-state index is 13.4. The van der Waals surface area contributed by atoms with Crippen molar-refractivity contribution in [2.75, 3.05) is 13.2 Å². The Hall–Kier alpha value is -2.13. The lowest BCUT2D eigenvalue weighted by Crippen LogP contribution is -2.29. The van der Waals surface area contributed by atoms with Gasteiger partial charge < -0.3 is 15.2 Å². The maximum atomic E-state index is 13.4. The number of rotatable bonds is 5. The van der Waals surface area contributed by atoms with Crippen LogP contribution in [0.15, 0.2) is 18.2 Å². The molecule has 0 radical (unpaired) electrons. The second-order valence-corrected chi connectivity index (χ2v) is 3.58. The lowest BCUT2D eigenvalue weighted by Gasteiger charge is -2.09. The molecular weight excluding hydrogens is 239 g/mol. The first-order valence-electron chi connectivity index (χ1n) is 5.28. The SMILES string of the molecule is C[C@H](O)c1ccc(OCC(=O)NCC#N)cc1F. The van der Waals surface area contributed by atoms with E-state index in [0.29, 0.717) is 0 Å². The Morgan fingerprint density at radius 3 is 2.94 bits per heavy atom. The van der Waals surface area contributed by atoms with E-state index in [-0.39, 0.29) is 24.5 Å². The van der Waals surface area contributed by atoms with Crippen molar-refractivity contribution >= 4 is 5.91 Å². The van der Waals surface area contributed by atoms with Crippen molar-refractivity contribution in [3.63, 3.8) is 0 Å². The molecule has 0 aliphatic carbocycles. The van der Waals surface area contributed by atoms with Crippen molar-refractivity contribution in [3.8, 4) is 11.8 Å². The van der Waals surface area contributed by atoms with Gasteiger partial charge in [-0.3, -0.25) is 4.79 Å². The molecule has 0 aliphatic heterocycles. The van der Waals surface area contributed by atoms with Crippen molar-refractivity contribution in [2.45, 2.75) is 13.0 Å². The fourth-order valence-electron chi connectivity index (χ4n) is 1.27. The topological polar surface area (TPSA) is 82.3 Å². The number of aliphatic hydroxyl groups is 1. The van der Waals surface area contributed by atoms with Crippen molar-refractivity contribution in [3.05, 3.63) is 29.6 Å². The molecule has 0 bridgehead atoms. The fraction of sp³-hybridized carbons (Fsp3) is 0.333. The van der Waals surface area contributed by atoms with Crippen LogP contribution >= 0.6 is 0 Å². The van der Waals surface area contributed by atoms with Gasteiger partial charge in [-0.25, -0.2) is 4.39 Å². The molecule has 0 heterocycles. The van der Waals surface area contributed by atoms with Crippen LogP contribution in [-0.2, 0) is 4.79 Å². The predicted molar refractivity (Wildman–Crippen MR) is 61.2 cm³/mol. The number of hydrogen-bond donors (Lipinski definition) is 2. The second-order valence-electron chi connectivity index (χ2n) is 3.58. The van der Waals surface area contributed by atoms with Gasteiger partial charge in [0.05, 0.1) is 12.2 Å². The maximum Gasteiger partial charge on any atom is 0.258 e. The van der Waals surface area contributed by atoms with Crippen LogP contribution in [0.5, 0.6) is 5.75 Å². The van der Waals surface area contributed by atoms with E-state index in [2.05, 4.69) is 5.32 Å². The van der Waals surface area contributed by atoms with E-state index in [1.807, 2.05) is 0 Å². The number of benzene rings is 1. The van der Waals surface area contributed by atoms with E-state index >= 15 is 0 Å². The number of nitrogens with zero attached hydrogens (tertiary/aromatic N) is 1. The minimum Gasteiger partial charge on any atom is -0.484 e. The molecule has 1 amide bonds. The highest BCUT2D eigenvalue weighted by Gasteiger charge is 2.09. The standard InChI is InChI=1S/C12H13FN2O3/c1-8(16)10-3-2-9(6-11(10)13)18-7-12(17)15-5-4-14/h2-3,6,8,16H,5,7H2,1H3,(H,15,17)/t8-/m0/s1. The molecule has 0 saturated carbocycles. The zero-order valence-electron chi connectivity index (χ0n) is 9.81. The normalized spacial score (nSPS) is 11.4. The molecule has 6 heteroatoms. The molecule has 1 atom stereocenters. The lowest BCUT2D eigenvalue weighted by atomic mass is 10.1. The minimum atomic E-state index is -0.905. The van der Waals surface area contributed by atoms with Crippen LogP contribution in [0.1, 0.15) is 18.6 Å². The molecule has 0 saturated heterocycles. The van der Waals surface area contributed by atoms with Crippen molar-refractivity contribution in [1.82, 2.24) is 5.32 Å². The predicted octanol–water partition coefficient (Wildman–Crippen LogP) is 0.898. The Labute approximate surface area is 104 Å². The smallest absolute Gasteiger partial charge is 0.258 e. The molecule has 0 unspecified atom stereocenters. The molecule has 0 aromatic heterocycles. The van der Waals surface area contributed by atoms with E-state index in [4.69, 9.17) is 10.00 Å². The number of aliphatic hydroxyl groups excluding tert-OH is 1. The summed E-state index contributed by atoms with van der Waals surface area (Å²) in [6, 6.07) is 5.70. The Morgan fingerprint density at radius 1 is 1.67 bits per heavy atom.